The molecule has 0 aliphatic heterocycles. The molecular weight excluding hydrogens is 264 g/mol. The molecule has 5 nitrogen and oxygen atoms in total. The molecule has 2 aromatic rings. The number of nitro benzene ring substituents is 1. The van der Waals surface area contributed by atoms with Gasteiger partial charge in [0.2, 0.25) is 5.91 Å². The van der Waals surface area contributed by atoms with Crippen LogP contribution in [0.2, 0.25) is 0 Å². The van der Waals surface area contributed by atoms with Gasteiger partial charge < -0.3 is 5.32 Å². The van der Waals surface area contributed by atoms with Crippen LogP contribution in [0.1, 0.15) is 10.4 Å². The van der Waals surface area contributed by atoms with Crippen LogP contribution in [-0.4, -0.2) is 10.8 Å². The maximum Gasteiger partial charge on any atom is 0.274 e. The molecule has 0 bridgehead atoms. The molecule has 19 heavy (non-hydrogen) atoms. The van der Waals surface area contributed by atoms with E-state index in [4.69, 9.17) is 0 Å². The third kappa shape index (κ3) is 3.17. The second-order valence-corrected chi connectivity index (χ2v) is 5.04. The molecule has 2 rings (SSSR count). The SMILES string of the molecule is Cc1c(NC(=O)Cc2cccs2)cccc1[N+](=O)[O-]. The van der Waals surface area contributed by atoms with Crippen LogP contribution in [0, 0.1) is 17.0 Å². The number of benzene rings is 1. The van der Waals surface area contributed by atoms with Gasteiger partial charge in [0.1, 0.15) is 0 Å². The number of nitrogens with zero attached hydrogens (tertiary/aromatic N) is 1. The molecule has 0 spiro atoms. The Morgan fingerprint density at radius 2 is 2.16 bits per heavy atom. The van der Waals surface area contributed by atoms with Crippen molar-refractivity contribution in [3.8, 4) is 0 Å². The molecule has 0 aliphatic carbocycles. The Hall–Kier alpha value is -2.21. The van der Waals surface area contributed by atoms with Crippen LogP contribution in [0.3, 0.4) is 0 Å². The van der Waals surface area contributed by atoms with Crippen molar-refractivity contribution < 1.29 is 9.72 Å². The summed E-state index contributed by atoms with van der Waals surface area (Å²) in [5, 5.41) is 15.4. The summed E-state index contributed by atoms with van der Waals surface area (Å²) in [6.07, 6.45) is 0.278. The third-order valence-corrected chi connectivity index (χ3v) is 3.57. The molecule has 1 N–H and O–H groups in total. The highest BCUT2D eigenvalue weighted by atomic mass is 32.1. The molecular formula is C13H12N2O3S. The van der Waals surface area contributed by atoms with E-state index < -0.39 is 4.92 Å². The van der Waals surface area contributed by atoms with Crippen molar-refractivity contribution >= 4 is 28.6 Å². The van der Waals surface area contributed by atoms with Crippen LogP contribution >= 0.6 is 11.3 Å². The largest absolute Gasteiger partial charge is 0.325 e. The molecule has 1 aromatic heterocycles. The first kappa shape index (κ1) is 13.2. The van der Waals surface area contributed by atoms with Crippen LogP contribution in [0.5, 0.6) is 0 Å². The fourth-order valence-corrected chi connectivity index (χ4v) is 2.43. The lowest BCUT2D eigenvalue weighted by atomic mass is 10.1. The smallest absolute Gasteiger partial charge is 0.274 e. The van der Waals surface area contributed by atoms with E-state index in [1.165, 1.54) is 17.4 Å². The zero-order valence-corrected chi connectivity index (χ0v) is 11.1. The van der Waals surface area contributed by atoms with Gasteiger partial charge in [0.05, 0.1) is 22.6 Å². The maximum absolute atomic E-state index is 11.8. The molecule has 0 saturated carbocycles. The minimum Gasteiger partial charge on any atom is -0.325 e. The average Bonchev–Trinajstić information content (AvgIpc) is 2.84. The number of hydrogen-bond acceptors (Lipinski definition) is 4. The van der Waals surface area contributed by atoms with Crippen molar-refractivity contribution in [3.05, 3.63) is 56.3 Å². The van der Waals surface area contributed by atoms with Gasteiger partial charge in [-0.25, -0.2) is 0 Å². The first-order valence-electron chi connectivity index (χ1n) is 5.64. The Labute approximate surface area is 114 Å². The molecule has 0 radical (unpaired) electrons. The second kappa shape index (κ2) is 5.62. The van der Waals surface area contributed by atoms with E-state index in [0.717, 1.165) is 4.88 Å². The second-order valence-electron chi connectivity index (χ2n) is 4.01. The molecule has 1 heterocycles. The Morgan fingerprint density at radius 3 is 2.79 bits per heavy atom. The van der Waals surface area contributed by atoms with Gasteiger partial charge in [0, 0.05) is 10.9 Å². The Morgan fingerprint density at radius 1 is 1.37 bits per heavy atom. The molecule has 0 atom stereocenters. The molecule has 0 aliphatic rings. The van der Waals surface area contributed by atoms with Gasteiger partial charge in [0.15, 0.2) is 0 Å². The van der Waals surface area contributed by atoms with Gasteiger partial charge in [-0.2, -0.15) is 0 Å². The van der Waals surface area contributed by atoms with Gasteiger partial charge in [-0.05, 0) is 24.4 Å². The van der Waals surface area contributed by atoms with E-state index in [9.17, 15) is 14.9 Å². The number of anilines is 1. The number of nitrogens with one attached hydrogen (secondary N) is 1. The normalized spacial score (nSPS) is 10.2. The lowest BCUT2D eigenvalue weighted by Gasteiger charge is -2.07. The van der Waals surface area contributed by atoms with E-state index in [1.54, 1.807) is 19.1 Å². The van der Waals surface area contributed by atoms with E-state index in [1.807, 2.05) is 17.5 Å². The van der Waals surface area contributed by atoms with Crippen LogP contribution in [0.4, 0.5) is 11.4 Å². The zero-order valence-electron chi connectivity index (χ0n) is 10.3. The molecule has 1 amide bonds. The van der Waals surface area contributed by atoms with Crippen molar-refractivity contribution in [2.24, 2.45) is 0 Å². The number of thiophene rings is 1. The number of rotatable bonds is 4. The fourth-order valence-electron chi connectivity index (χ4n) is 1.72. The number of amides is 1. The molecule has 1 aromatic carbocycles. The van der Waals surface area contributed by atoms with E-state index in [-0.39, 0.29) is 18.0 Å². The first-order valence-corrected chi connectivity index (χ1v) is 6.52. The Balaban J connectivity index is 2.13. The van der Waals surface area contributed by atoms with Crippen LogP contribution in [0.15, 0.2) is 35.7 Å². The zero-order chi connectivity index (χ0) is 13.8. The van der Waals surface area contributed by atoms with Crippen molar-refractivity contribution in [1.29, 1.82) is 0 Å². The highest BCUT2D eigenvalue weighted by Gasteiger charge is 2.14. The van der Waals surface area contributed by atoms with Gasteiger partial charge in [-0.3, -0.25) is 14.9 Å². The number of carbonyl (C=O) groups is 1. The van der Waals surface area contributed by atoms with Gasteiger partial charge in [0.25, 0.3) is 5.69 Å². The van der Waals surface area contributed by atoms with Crippen LogP contribution in [-0.2, 0) is 11.2 Å². The predicted molar refractivity (Wildman–Crippen MR) is 74.5 cm³/mol. The van der Waals surface area contributed by atoms with E-state index >= 15 is 0 Å². The minimum absolute atomic E-state index is 0.00826. The molecule has 0 saturated heterocycles. The first-order chi connectivity index (χ1) is 9.08. The monoisotopic (exact) mass is 276 g/mol. The topological polar surface area (TPSA) is 72.2 Å². The Bertz CT molecular complexity index is 608. The van der Waals surface area contributed by atoms with Crippen molar-refractivity contribution in [2.45, 2.75) is 13.3 Å². The highest BCUT2D eigenvalue weighted by Crippen LogP contribution is 2.25. The Kier molecular flexibility index (Phi) is 3.91. The standard InChI is InChI=1S/C13H12N2O3S/c1-9-11(5-2-6-12(9)15(17)18)14-13(16)8-10-4-3-7-19-10/h2-7H,8H2,1H3,(H,14,16). The number of nitro groups is 1. The van der Waals surface area contributed by atoms with Crippen molar-refractivity contribution in [2.75, 3.05) is 5.32 Å². The summed E-state index contributed by atoms with van der Waals surface area (Å²) in [7, 11) is 0. The summed E-state index contributed by atoms with van der Waals surface area (Å²) in [6, 6.07) is 8.40. The molecule has 0 fully saturated rings. The fraction of sp³-hybridized carbons (Fsp3) is 0.154. The summed E-state index contributed by atoms with van der Waals surface area (Å²) >= 11 is 1.50. The van der Waals surface area contributed by atoms with Crippen molar-refractivity contribution in [3.63, 3.8) is 0 Å². The number of carbonyl (C=O) groups excluding carboxylic acids is 1. The summed E-state index contributed by atoms with van der Waals surface area (Å²) in [6.45, 7) is 1.62. The lowest BCUT2D eigenvalue weighted by molar-refractivity contribution is -0.385. The van der Waals surface area contributed by atoms with Crippen LogP contribution < -0.4 is 5.32 Å². The third-order valence-electron chi connectivity index (χ3n) is 2.69. The minimum atomic E-state index is -0.454. The molecule has 98 valence electrons. The quantitative estimate of drug-likeness (QED) is 0.688. The van der Waals surface area contributed by atoms with Crippen molar-refractivity contribution in [1.82, 2.24) is 0 Å². The number of hydrogen-bond donors (Lipinski definition) is 1. The average molecular weight is 276 g/mol. The molecule has 0 unspecified atom stereocenters. The van der Waals surface area contributed by atoms with Crippen LogP contribution in [0.25, 0.3) is 0 Å². The van der Waals surface area contributed by atoms with E-state index in [0.29, 0.717) is 11.3 Å². The highest BCUT2D eigenvalue weighted by molar-refractivity contribution is 7.10. The summed E-state index contributed by atoms with van der Waals surface area (Å²) in [5.41, 5.74) is 0.955. The van der Waals surface area contributed by atoms with Gasteiger partial charge in [-0.1, -0.05) is 12.1 Å². The predicted octanol–water partition coefficient (Wildman–Crippen LogP) is 3.15. The summed E-state index contributed by atoms with van der Waals surface area (Å²) in [4.78, 5) is 23.2. The van der Waals surface area contributed by atoms with E-state index in [2.05, 4.69) is 5.32 Å². The molecule has 6 heteroatoms. The van der Waals surface area contributed by atoms with Gasteiger partial charge in [-0.15, -0.1) is 11.3 Å². The lowest BCUT2D eigenvalue weighted by Crippen LogP contribution is -2.14. The maximum atomic E-state index is 11.8. The van der Waals surface area contributed by atoms with Gasteiger partial charge >= 0.3 is 0 Å². The summed E-state index contributed by atoms with van der Waals surface area (Å²) < 4.78 is 0. The summed E-state index contributed by atoms with van der Waals surface area (Å²) in [5.74, 6) is -0.175.